The highest BCUT2D eigenvalue weighted by molar-refractivity contribution is 7.19. The number of fused-ring (bicyclic) bond motifs is 1. The van der Waals surface area contributed by atoms with Crippen LogP contribution >= 0.6 is 22.7 Å². The SMILES string of the molecule is CN=C(NCc1csc(C(C)(C)C)n1)NCC(O)c1cc2ccccc2s1. The average molecular weight is 403 g/mol. The molecule has 144 valence electrons. The predicted molar refractivity (Wildman–Crippen MR) is 116 cm³/mol. The van der Waals surface area contributed by atoms with Crippen molar-refractivity contribution in [2.24, 2.45) is 4.99 Å². The number of hydrogen-bond acceptors (Lipinski definition) is 5. The maximum Gasteiger partial charge on any atom is 0.191 e. The molecule has 0 aliphatic carbocycles. The number of hydrogen-bond donors (Lipinski definition) is 3. The zero-order chi connectivity index (χ0) is 19.4. The van der Waals surface area contributed by atoms with Crippen LogP contribution in [-0.2, 0) is 12.0 Å². The van der Waals surface area contributed by atoms with Crippen LogP contribution in [0.3, 0.4) is 0 Å². The molecule has 1 aromatic carbocycles. The van der Waals surface area contributed by atoms with Crippen LogP contribution in [0.25, 0.3) is 10.1 Å². The molecule has 0 bridgehead atoms. The van der Waals surface area contributed by atoms with Crippen molar-refractivity contribution < 1.29 is 5.11 Å². The Balaban J connectivity index is 1.53. The number of guanidine groups is 1. The number of nitrogens with zero attached hydrogens (tertiary/aromatic N) is 2. The summed E-state index contributed by atoms with van der Waals surface area (Å²) in [4.78, 5) is 9.86. The number of nitrogens with one attached hydrogen (secondary N) is 2. The van der Waals surface area contributed by atoms with Crippen molar-refractivity contribution in [3.05, 3.63) is 51.3 Å². The third-order valence-electron chi connectivity index (χ3n) is 4.09. The molecule has 5 nitrogen and oxygen atoms in total. The molecule has 2 aromatic heterocycles. The number of thiazole rings is 1. The lowest BCUT2D eigenvalue weighted by molar-refractivity contribution is 0.184. The molecule has 3 aromatic rings. The molecule has 0 aliphatic heterocycles. The summed E-state index contributed by atoms with van der Waals surface area (Å²) in [7, 11) is 1.72. The summed E-state index contributed by atoms with van der Waals surface area (Å²) >= 11 is 3.30. The van der Waals surface area contributed by atoms with Crippen LogP contribution in [0.15, 0.2) is 40.7 Å². The zero-order valence-electron chi connectivity index (χ0n) is 16.1. The van der Waals surface area contributed by atoms with E-state index in [1.54, 1.807) is 29.7 Å². The van der Waals surface area contributed by atoms with Gasteiger partial charge < -0.3 is 15.7 Å². The third kappa shape index (κ3) is 5.06. The highest BCUT2D eigenvalue weighted by Gasteiger charge is 2.18. The van der Waals surface area contributed by atoms with Crippen LogP contribution in [0.4, 0.5) is 0 Å². The van der Waals surface area contributed by atoms with Crippen LogP contribution in [-0.4, -0.2) is 29.6 Å². The first-order chi connectivity index (χ1) is 12.9. The quantitative estimate of drug-likeness (QED) is 0.445. The largest absolute Gasteiger partial charge is 0.386 e. The van der Waals surface area contributed by atoms with E-state index in [4.69, 9.17) is 0 Å². The minimum Gasteiger partial charge on any atom is -0.386 e. The van der Waals surface area contributed by atoms with Crippen molar-refractivity contribution >= 4 is 38.7 Å². The number of benzene rings is 1. The molecule has 0 spiro atoms. The maximum atomic E-state index is 10.5. The molecule has 0 radical (unpaired) electrons. The van der Waals surface area contributed by atoms with Crippen LogP contribution in [0, 0.1) is 0 Å². The van der Waals surface area contributed by atoms with E-state index in [1.165, 1.54) is 4.70 Å². The number of thiophene rings is 1. The van der Waals surface area contributed by atoms with E-state index in [1.807, 2.05) is 18.2 Å². The minimum absolute atomic E-state index is 0.0667. The van der Waals surface area contributed by atoms with E-state index in [-0.39, 0.29) is 5.41 Å². The number of aliphatic hydroxyl groups is 1. The second-order valence-electron chi connectivity index (χ2n) is 7.40. The molecule has 1 unspecified atom stereocenters. The van der Waals surface area contributed by atoms with E-state index in [0.717, 1.165) is 21.0 Å². The first-order valence-corrected chi connectivity index (χ1v) is 10.6. The average Bonchev–Trinajstić information content (AvgIpc) is 3.28. The Kier molecular flexibility index (Phi) is 6.14. The molecule has 2 heterocycles. The first kappa shape index (κ1) is 19.8. The van der Waals surface area contributed by atoms with E-state index in [0.29, 0.717) is 19.0 Å². The van der Waals surface area contributed by atoms with Crippen molar-refractivity contribution in [1.82, 2.24) is 15.6 Å². The fourth-order valence-corrected chi connectivity index (χ4v) is 4.55. The van der Waals surface area contributed by atoms with Crippen molar-refractivity contribution in [2.45, 2.75) is 38.8 Å². The Bertz CT molecular complexity index is 890. The number of rotatable bonds is 5. The maximum absolute atomic E-state index is 10.5. The van der Waals surface area contributed by atoms with E-state index in [9.17, 15) is 5.11 Å². The molecule has 7 heteroatoms. The number of aromatic nitrogens is 1. The van der Waals surface area contributed by atoms with Gasteiger partial charge in [0.2, 0.25) is 0 Å². The molecule has 1 atom stereocenters. The predicted octanol–water partition coefficient (Wildman–Crippen LogP) is 4.05. The van der Waals surface area contributed by atoms with Crippen LogP contribution in [0.5, 0.6) is 0 Å². The summed E-state index contributed by atoms with van der Waals surface area (Å²) in [6.45, 7) is 7.50. The first-order valence-electron chi connectivity index (χ1n) is 8.93. The zero-order valence-corrected chi connectivity index (χ0v) is 17.7. The fourth-order valence-electron chi connectivity index (χ4n) is 2.59. The van der Waals surface area contributed by atoms with Gasteiger partial charge in [-0.3, -0.25) is 4.99 Å². The summed E-state index contributed by atoms with van der Waals surface area (Å²) in [5.74, 6) is 0.653. The monoisotopic (exact) mass is 402 g/mol. The molecule has 3 N–H and O–H groups in total. The highest BCUT2D eigenvalue weighted by atomic mass is 32.1. The molecule has 0 saturated carbocycles. The topological polar surface area (TPSA) is 69.5 Å². The summed E-state index contributed by atoms with van der Waals surface area (Å²) in [5.41, 5.74) is 1.06. The molecular formula is C20H26N4OS2. The summed E-state index contributed by atoms with van der Waals surface area (Å²) < 4.78 is 1.19. The molecule has 27 heavy (non-hydrogen) atoms. The number of aliphatic imine (C=N–C) groups is 1. The van der Waals surface area contributed by atoms with E-state index in [2.05, 4.69) is 58.9 Å². The van der Waals surface area contributed by atoms with Crippen molar-refractivity contribution in [3.63, 3.8) is 0 Å². The van der Waals surface area contributed by atoms with Gasteiger partial charge in [0.15, 0.2) is 5.96 Å². The second kappa shape index (κ2) is 8.37. The molecule has 0 fully saturated rings. The summed E-state index contributed by atoms with van der Waals surface area (Å²) in [6.07, 6.45) is -0.576. The van der Waals surface area contributed by atoms with Crippen molar-refractivity contribution in [3.8, 4) is 0 Å². The standard InChI is InChI=1S/C20H26N4OS2/c1-20(2,3)18-24-14(12-26-18)10-22-19(21-4)23-11-15(25)17-9-13-7-5-6-8-16(13)27-17/h5-9,12,15,25H,10-11H2,1-4H3,(H2,21,22,23). The lowest BCUT2D eigenvalue weighted by Gasteiger charge is -2.15. The van der Waals surface area contributed by atoms with Crippen molar-refractivity contribution in [1.29, 1.82) is 0 Å². The van der Waals surface area contributed by atoms with Crippen LogP contribution in [0.2, 0.25) is 0 Å². The van der Waals surface area contributed by atoms with E-state index >= 15 is 0 Å². The van der Waals surface area contributed by atoms with Gasteiger partial charge in [0.1, 0.15) is 6.10 Å². The van der Waals surface area contributed by atoms with Gasteiger partial charge in [-0.1, -0.05) is 39.0 Å². The van der Waals surface area contributed by atoms with Gasteiger partial charge in [-0.25, -0.2) is 4.98 Å². The Morgan fingerprint density at radius 3 is 2.70 bits per heavy atom. The molecule has 3 rings (SSSR count). The Hall–Kier alpha value is -1.96. The summed E-state index contributed by atoms with van der Waals surface area (Å²) in [5, 5.41) is 21.3. The van der Waals surface area contributed by atoms with E-state index < -0.39 is 6.10 Å². The lowest BCUT2D eigenvalue weighted by atomic mass is 9.98. The van der Waals surface area contributed by atoms with Gasteiger partial charge in [-0.05, 0) is 17.5 Å². The summed E-state index contributed by atoms with van der Waals surface area (Å²) in [6, 6.07) is 10.2. The normalized spacial score (nSPS) is 13.7. The van der Waals surface area contributed by atoms with Gasteiger partial charge in [0, 0.05) is 34.0 Å². The second-order valence-corrected chi connectivity index (χ2v) is 9.38. The minimum atomic E-state index is -0.576. The highest BCUT2D eigenvalue weighted by Crippen LogP contribution is 2.29. The van der Waals surface area contributed by atoms with Crippen LogP contribution in [0.1, 0.15) is 42.5 Å². The molecule has 0 amide bonds. The Labute approximate surface area is 168 Å². The Morgan fingerprint density at radius 1 is 1.26 bits per heavy atom. The van der Waals surface area contributed by atoms with Crippen molar-refractivity contribution in [2.75, 3.05) is 13.6 Å². The Morgan fingerprint density at radius 2 is 2.04 bits per heavy atom. The lowest BCUT2D eigenvalue weighted by Crippen LogP contribution is -2.39. The smallest absolute Gasteiger partial charge is 0.191 e. The third-order valence-corrected chi connectivity index (χ3v) is 6.62. The fraction of sp³-hybridized carbons (Fsp3) is 0.400. The van der Waals surface area contributed by atoms with Gasteiger partial charge in [-0.15, -0.1) is 22.7 Å². The molecular weight excluding hydrogens is 376 g/mol. The molecule has 0 aliphatic rings. The van der Waals surface area contributed by atoms with Gasteiger partial charge in [0.05, 0.1) is 17.2 Å². The van der Waals surface area contributed by atoms with Gasteiger partial charge in [0.25, 0.3) is 0 Å². The molecule has 0 saturated heterocycles. The number of aliphatic hydroxyl groups excluding tert-OH is 1. The van der Waals surface area contributed by atoms with Crippen LogP contribution < -0.4 is 10.6 Å². The van der Waals surface area contributed by atoms with Gasteiger partial charge in [-0.2, -0.15) is 0 Å². The van der Waals surface area contributed by atoms with Gasteiger partial charge >= 0.3 is 0 Å².